The number of hydrogen-bond donors (Lipinski definition) is 1. The zero-order chi connectivity index (χ0) is 16.7. The maximum Gasteiger partial charge on any atom is 0.296 e. The number of nitrogens with one attached hydrogen (secondary N) is 1. The Balaban J connectivity index is 1.62. The van der Waals surface area contributed by atoms with Gasteiger partial charge in [-0.25, -0.2) is 0 Å². The van der Waals surface area contributed by atoms with Crippen molar-refractivity contribution in [3.05, 3.63) is 34.5 Å². The van der Waals surface area contributed by atoms with Gasteiger partial charge in [0, 0.05) is 22.4 Å². The summed E-state index contributed by atoms with van der Waals surface area (Å²) in [6, 6.07) is 7.36. The normalized spacial score (nSPS) is 21.0. The van der Waals surface area contributed by atoms with Gasteiger partial charge in [-0.2, -0.15) is 0 Å². The molecular formula is C18H19BrN2O3. The maximum atomic E-state index is 12.9. The third-order valence-electron chi connectivity index (χ3n) is 4.70. The highest BCUT2D eigenvalue weighted by Crippen LogP contribution is 2.32. The molecule has 5 nitrogen and oxygen atoms in total. The number of amides is 2. The number of carbonyl (C=O) groups excluding carboxylic acids is 2. The Bertz CT molecular complexity index is 791. The van der Waals surface area contributed by atoms with Crippen LogP contribution in [0.15, 0.2) is 33.2 Å². The Hall–Kier alpha value is -1.66. The molecule has 126 valence electrons. The highest BCUT2D eigenvalue weighted by molar-refractivity contribution is 9.10. The Morgan fingerprint density at radius 3 is 2.75 bits per heavy atom. The monoisotopic (exact) mass is 390 g/mol. The molecule has 24 heavy (non-hydrogen) atoms. The molecule has 1 saturated heterocycles. The summed E-state index contributed by atoms with van der Waals surface area (Å²) in [5, 5.41) is 4.11. The van der Waals surface area contributed by atoms with Crippen LogP contribution in [0.3, 0.4) is 0 Å². The van der Waals surface area contributed by atoms with Crippen molar-refractivity contribution in [3.63, 3.8) is 0 Å². The molecule has 4 rings (SSSR count). The van der Waals surface area contributed by atoms with E-state index >= 15 is 0 Å². The SMILES string of the molecule is O=C(c1cc2cc(Br)ccc2o1)N(C(=O)C1CCCNC1)C1CC1. The van der Waals surface area contributed by atoms with Gasteiger partial charge < -0.3 is 9.73 Å². The van der Waals surface area contributed by atoms with E-state index in [-0.39, 0.29) is 29.5 Å². The van der Waals surface area contributed by atoms with Crippen LogP contribution in [-0.2, 0) is 4.79 Å². The molecular weight excluding hydrogens is 372 g/mol. The summed E-state index contributed by atoms with van der Waals surface area (Å²) in [4.78, 5) is 27.3. The fourth-order valence-electron chi connectivity index (χ4n) is 3.28. The first-order chi connectivity index (χ1) is 11.6. The van der Waals surface area contributed by atoms with Crippen molar-refractivity contribution in [1.29, 1.82) is 0 Å². The first-order valence-corrected chi connectivity index (χ1v) is 9.20. The van der Waals surface area contributed by atoms with Crippen LogP contribution in [0, 0.1) is 5.92 Å². The molecule has 2 heterocycles. The number of piperidine rings is 1. The van der Waals surface area contributed by atoms with Gasteiger partial charge in [-0.05, 0) is 56.5 Å². The zero-order valence-corrected chi connectivity index (χ0v) is 14.8. The molecule has 1 atom stereocenters. The average molecular weight is 391 g/mol. The van der Waals surface area contributed by atoms with Gasteiger partial charge in [0.25, 0.3) is 5.91 Å². The average Bonchev–Trinajstić information content (AvgIpc) is 3.33. The lowest BCUT2D eigenvalue weighted by molar-refractivity contribution is -0.133. The number of nitrogens with zero attached hydrogens (tertiary/aromatic N) is 1. The third-order valence-corrected chi connectivity index (χ3v) is 5.20. The number of halogens is 1. The van der Waals surface area contributed by atoms with E-state index in [1.54, 1.807) is 6.07 Å². The summed E-state index contributed by atoms with van der Waals surface area (Å²) >= 11 is 3.42. The van der Waals surface area contributed by atoms with Crippen LogP contribution in [0.1, 0.15) is 36.2 Å². The number of carbonyl (C=O) groups is 2. The smallest absolute Gasteiger partial charge is 0.296 e. The Kier molecular flexibility index (Phi) is 4.18. The van der Waals surface area contributed by atoms with Gasteiger partial charge >= 0.3 is 0 Å². The van der Waals surface area contributed by atoms with E-state index in [9.17, 15) is 9.59 Å². The molecule has 0 bridgehead atoms. The van der Waals surface area contributed by atoms with Gasteiger partial charge in [-0.15, -0.1) is 0 Å². The summed E-state index contributed by atoms with van der Waals surface area (Å²) in [5.41, 5.74) is 0.657. The number of furan rings is 1. The van der Waals surface area contributed by atoms with Crippen LogP contribution in [0.4, 0.5) is 0 Å². The Morgan fingerprint density at radius 2 is 2.04 bits per heavy atom. The molecule has 2 aliphatic rings. The minimum atomic E-state index is -0.305. The van der Waals surface area contributed by atoms with Gasteiger partial charge in [0.1, 0.15) is 5.58 Å². The molecule has 1 unspecified atom stereocenters. The van der Waals surface area contributed by atoms with Gasteiger partial charge in [-0.3, -0.25) is 14.5 Å². The van der Waals surface area contributed by atoms with Gasteiger partial charge in [0.15, 0.2) is 5.76 Å². The first-order valence-electron chi connectivity index (χ1n) is 8.41. The molecule has 2 amide bonds. The molecule has 6 heteroatoms. The second-order valence-corrected chi connectivity index (χ2v) is 7.50. The third kappa shape index (κ3) is 3.00. The van der Waals surface area contributed by atoms with Crippen LogP contribution in [0.25, 0.3) is 11.0 Å². The minimum Gasteiger partial charge on any atom is -0.451 e. The number of imide groups is 1. The number of fused-ring (bicyclic) bond motifs is 1. The summed E-state index contributed by atoms with van der Waals surface area (Å²) in [7, 11) is 0. The van der Waals surface area contributed by atoms with E-state index in [2.05, 4.69) is 21.2 Å². The van der Waals surface area contributed by atoms with Crippen molar-refractivity contribution in [1.82, 2.24) is 10.2 Å². The first kappa shape index (κ1) is 15.8. The minimum absolute atomic E-state index is 0.0341. The van der Waals surface area contributed by atoms with Crippen molar-refractivity contribution in [2.24, 2.45) is 5.92 Å². The molecule has 1 N–H and O–H groups in total. The van der Waals surface area contributed by atoms with Gasteiger partial charge in [0.2, 0.25) is 5.91 Å². The van der Waals surface area contributed by atoms with Crippen molar-refractivity contribution in [2.75, 3.05) is 13.1 Å². The highest BCUT2D eigenvalue weighted by atomic mass is 79.9. The molecule has 2 fully saturated rings. The van der Waals surface area contributed by atoms with Gasteiger partial charge in [0.05, 0.1) is 5.92 Å². The maximum absolute atomic E-state index is 12.9. The van der Waals surface area contributed by atoms with Crippen LogP contribution < -0.4 is 5.32 Å². The van der Waals surface area contributed by atoms with E-state index in [0.717, 1.165) is 42.1 Å². The second kappa shape index (κ2) is 6.33. The molecule has 0 spiro atoms. The quantitative estimate of drug-likeness (QED) is 0.816. The molecule has 1 aromatic heterocycles. The van der Waals surface area contributed by atoms with Crippen LogP contribution in [0.5, 0.6) is 0 Å². The largest absolute Gasteiger partial charge is 0.451 e. The lowest BCUT2D eigenvalue weighted by Crippen LogP contribution is -2.46. The van der Waals surface area contributed by atoms with Crippen molar-refractivity contribution in [2.45, 2.75) is 31.7 Å². The molecule has 0 radical (unpaired) electrons. The lowest BCUT2D eigenvalue weighted by Gasteiger charge is -2.28. The molecule has 2 aromatic rings. The molecule has 1 aromatic carbocycles. The standard InChI is InChI=1S/C18H19BrN2O3/c19-13-3-6-15-12(8-13)9-16(24-15)18(23)21(14-4-5-14)17(22)11-2-1-7-20-10-11/h3,6,8-9,11,14,20H,1-2,4-5,7,10H2. The zero-order valence-electron chi connectivity index (χ0n) is 13.3. The fraction of sp³-hybridized carbons (Fsp3) is 0.444. The number of rotatable bonds is 3. The molecule has 1 aliphatic heterocycles. The summed E-state index contributed by atoms with van der Waals surface area (Å²) < 4.78 is 6.63. The van der Waals surface area contributed by atoms with Crippen molar-refractivity contribution >= 4 is 38.7 Å². The Labute approximate surface area is 148 Å². The van der Waals surface area contributed by atoms with E-state index in [0.29, 0.717) is 12.1 Å². The summed E-state index contributed by atoms with van der Waals surface area (Å²) in [6.07, 6.45) is 3.60. The summed E-state index contributed by atoms with van der Waals surface area (Å²) in [6.45, 7) is 1.60. The molecule has 1 aliphatic carbocycles. The van der Waals surface area contributed by atoms with E-state index < -0.39 is 0 Å². The Morgan fingerprint density at radius 1 is 1.21 bits per heavy atom. The van der Waals surface area contributed by atoms with Crippen molar-refractivity contribution in [3.8, 4) is 0 Å². The van der Waals surface area contributed by atoms with Crippen molar-refractivity contribution < 1.29 is 14.0 Å². The van der Waals surface area contributed by atoms with Crippen LogP contribution in [0.2, 0.25) is 0 Å². The lowest BCUT2D eigenvalue weighted by atomic mass is 9.98. The summed E-state index contributed by atoms with van der Waals surface area (Å²) in [5.74, 6) is -0.231. The van der Waals surface area contributed by atoms with E-state index in [1.165, 1.54) is 4.90 Å². The predicted octanol–water partition coefficient (Wildman–Crippen LogP) is 3.33. The number of benzene rings is 1. The number of hydrogen-bond acceptors (Lipinski definition) is 4. The fourth-order valence-corrected chi connectivity index (χ4v) is 3.66. The van der Waals surface area contributed by atoms with Crippen LogP contribution >= 0.6 is 15.9 Å². The molecule has 1 saturated carbocycles. The second-order valence-electron chi connectivity index (χ2n) is 6.58. The van der Waals surface area contributed by atoms with Gasteiger partial charge in [-0.1, -0.05) is 15.9 Å². The highest BCUT2D eigenvalue weighted by Gasteiger charge is 2.41. The van der Waals surface area contributed by atoms with Crippen LogP contribution in [-0.4, -0.2) is 35.8 Å². The van der Waals surface area contributed by atoms with E-state index in [1.807, 2.05) is 18.2 Å². The predicted molar refractivity (Wildman–Crippen MR) is 93.7 cm³/mol. The van der Waals surface area contributed by atoms with E-state index in [4.69, 9.17) is 4.42 Å². The topological polar surface area (TPSA) is 62.6 Å².